The molecule has 0 unspecified atom stereocenters. The highest BCUT2D eigenvalue weighted by atomic mass is 16.5. The predicted octanol–water partition coefficient (Wildman–Crippen LogP) is 2.94. The van der Waals surface area contributed by atoms with Crippen LogP contribution in [0.5, 0.6) is 5.75 Å². The molecule has 2 aromatic rings. The molecule has 0 aliphatic carbocycles. The second kappa shape index (κ2) is 8.31. The lowest BCUT2D eigenvalue weighted by Gasteiger charge is -2.15. The summed E-state index contributed by atoms with van der Waals surface area (Å²) in [6, 6.07) is 7.40. The first-order valence-electron chi connectivity index (χ1n) is 7.84. The summed E-state index contributed by atoms with van der Waals surface area (Å²) >= 11 is 0. The Bertz CT molecular complexity index is 622. The third-order valence-corrected chi connectivity index (χ3v) is 3.63. The van der Waals surface area contributed by atoms with Crippen molar-refractivity contribution >= 4 is 5.91 Å². The van der Waals surface area contributed by atoms with Gasteiger partial charge in [-0.3, -0.25) is 4.79 Å². The smallest absolute Gasteiger partial charge is 0.247 e. The molecule has 124 valence electrons. The number of nitrogens with zero attached hydrogens (tertiary/aromatic N) is 3. The predicted molar refractivity (Wildman–Crippen MR) is 87.2 cm³/mol. The lowest BCUT2D eigenvalue weighted by atomic mass is 10.2. The van der Waals surface area contributed by atoms with Crippen molar-refractivity contribution < 1.29 is 13.9 Å². The Hall–Kier alpha value is -2.37. The van der Waals surface area contributed by atoms with E-state index in [0.717, 1.165) is 30.7 Å². The van der Waals surface area contributed by atoms with Crippen molar-refractivity contribution in [1.82, 2.24) is 15.1 Å². The van der Waals surface area contributed by atoms with E-state index in [9.17, 15) is 4.79 Å². The second-order valence-corrected chi connectivity index (χ2v) is 5.40. The molecule has 23 heavy (non-hydrogen) atoms. The van der Waals surface area contributed by atoms with Crippen molar-refractivity contribution in [3.63, 3.8) is 0 Å². The lowest BCUT2D eigenvalue weighted by Crippen LogP contribution is -2.27. The number of carbonyl (C=O) groups excluding carboxylic acids is 1. The van der Waals surface area contributed by atoms with Crippen molar-refractivity contribution in [2.75, 3.05) is 20.7 Å². The summed E-state index contributed by atoms with van der Waals surface area (Å²) in [6.07, 6.45) is 2.93. The molecule has 1 amide bonds. The first-order chi connectivity index (χ1) is 11.1. The number of ether oxygens (including phenoxy) is 1. The number of aryl methyl sites for hydroxylation is 1. The highest BCUT2D eigenvalue weighted by Gasteiger charge is 2.13. The van der Waals surface area contributed by atoms with E-state index in [4.69, 9.17) is 9.15 Å². The van der Waals surface area contributed by atoms with E-state index in [1.807, 2.05) is 31.3 Å². The summed E-state index contributed by atoms with van der Waals surface area (Å²) in [5, 5.41) is 8.04. The Labute approximate surface area is 136 Å². The number of methoxy groups -OCH3 is 1. The minimum absolute atomic E-state index is 0.0997. The number of amides is 1. The SMILES string of the molecule is CCCCN(C)C(=O)CCc1nnc(-c2ccc(OC)cc2)o1. The Morgan fingerprint density at radius 1 is 1.26 bits per heavy atom. The van der Waals surface area contributed by atoms with Crippen molar-refractivity contribution in [3.8, 4) is 17.2 Å². The van der Waals surface area contributed by atoms with Gasteiger partial charge in [-0.05, 0) is 30.7 Å². The van der Waals surface area contributed by atoms with Gasteiger partial charge >= 0.3 is 0 Å². The molecule has 0 saturated heterocycles. The summed E-state index contributed by atoms with van der Waals surface area (Å²) in [7, 11) is 3.45. The van der Waals surface area contributed by atoms with E-state index in [1.165, 1.54) is 0 Å². The molecule has 0 saturated carbocycles. The van der Waals surface area contributed by atoms with Gasteiger partial charge in [0, 0.05) is 32.0 Å². The van der Waals surface area contributed by atoms with Crippen LogP contribution < -0.4 is 4.74 Å². The highest BCUT2D eigenvalue weighted by molar-refractivity contribution is 5.76. The van der Waals surface area contributed by atoms with Crippen LogP contribution in [0.25, 0.3) is 11.5 Å². The molecule has 6 heteroatoms. The first kappa shape index (κ1) is 17.0. The zero-order chi connectivity index (χ0) is 16.7. The van der Waals surface area contributed by atoms with Crippen molar-refractivity contribution in [2.24, 2.45) is 0 Å². The van der Waals surface area contributed by atoms with Gasteiger partial charge in [0.1, 0.15) is 5.75 Å². The van der Waals surface area contributed by atoms with Crippen molar-refractivity contribution in [3.05, 3.63) is 30.2 Å². The van der Waals surface area contributed by atoms with Crippen LogP contribution in [-0.2, 0) is 11.2 Å². The molecule has 0 aliphatic heterocycles. The topological polar surface area (TPSA) is 68.5 Å². The van der Waals surface area contributed by atoms with Crippen LogP contribution in [0.4, 0.5) is 0 Å². The van der Waals surface area contributed by atoms with E-state index >= 15 is 0 Å². The maximum absolute atomic E-state index is 12.0. The van der Waals surface area contributed by atoms with Gasteiger partial charge in [0.15, 0.2) is 0 Å². The third kappa shape index (κ3) is 4.81. The van der Waals surface area contributed by atoms with Gasteiger partial charge in [0.05, 0.1) is 7.11 Å². The molecule has 1 heterocycles. The third-order valence-electron chi connectivity index (χ3n) is 3.63. The van der Waals surface area contributed by atoms with Gasteiger partial charge in [-0.25, -0.2) is 0 Å². The van der Waals surface area contributed by atoms with E-state index < -0.39 is 0 Å². The molecular formula is C17H23N3O3. The number of hydrogen-bond acceptors (Lipinski definition) is 5. The number of hydrogen-bond donors (Lipinski definition) is 0. The number of unbranched alkanes of at least 4 members (excludes halogenated alkanes) is 1. The average molecular weight is 317 g/mol. The second-order valence-electron chi connectivity index (χ2n) is 5.40. The Morgan fingerprint density at radius 2 is 2.00 bits per heavy atom. The molecule has 1 aromatic heterocycles. The molecule has 0 bridgehead atoms. The molecule has 1 aromatic carbocycles. The Balaban J connectivity index is 1.90. The fourth-order valence-corrected chi connectivity index (χ4v) is 2.13. The summed E-state index contributed by atoms with van der Waals surface area (Å²) in [6.45, 7) is 2.90. The maximum atomic E-state index is 12.0. The highest BCUT2D eigenvalue weighted by Crippen LogP contribution is 2.21. The fourth-order valence-electron chi connectivity index (χ4n) is 2.13. The summed E-state index contributed by atoms with van der Waals surface area (Å²) < 4.78 is 10.7. The maximum Gasteiger partial charge on any atom is 0.247 e. The number of benzene rings is 1. The van der Waals surface area contributed by atoms with Crippen molar-refractivity contribution in [1.29, 1.82) is 0 Å². The molecule has 0 spiro atoms. The summed E-state index contributed by atoms with van der Waals surface area (Å²) in [5.74, 6) is 1.80. The van der Waals surface area contributed by atoms with Crippen LogP contribution in [0.3, 0.4) is 0 Å². The van der Waals surface area contributed by atoms with E-state index in [0.29, 0.717) is 24.6 Å². The monoisotopic (exact) mass is 317 g/mol. The molecule has 2 rings (SSSR count). The fraction of sp³-hybridized carbons (Fsp3) is 0.471. The van der Waals surface area contributed by atoms with Crippen LogP contribution in [0.15, 0.2) is 28.7 Å². The molecule has 0 radical (unpaired) electrons. The van der Waals surface area contributed by atoms with E-state index in [-0.39, 0.29) is 5.91 Å². The number of aromatic nitrogens is 2. The largest absolute Gasteiger partial charge is 0.497 e. The van der Waals surface area contributed by atoms with Gasteiger partial charge in [0.25, 0.3) is 0 Å². The Morgan fingerprint density at radius 3 is 2.65 bits per heavy atom. The minimum Gasteiger partial charge on any atom is -0.497 e. The first-order valence-corrected chi connectivity index (χ1v) is 7.84. The van der Waals surface area contributed by atoms with Gasteiger partial charge in [-0.1, -0.05) is 13.3 Å². The van der Waals surface area contributed by atoms with E-state index in [2.05, 4.69) is 17.1 Å². The number of carbonyl (C=O) groups is 1. The van der Waals surface area contributed by atoms with E-state index in [1.54, 1.807) is 12.0 Å². The van der Waals surface area contributed by atoms with Crippen LogP contribution in [0.2, 0.25) is 0 Å². The van der Waals surface area contributed by atoms with Crippen LogP contribution in [0, 0.1) is 0 Å². The Kier molecular flexibility index (Phi) is 6.14. The molecular weight excluding hydrogens is 294 g/mol. The van der Waals surface area contributed by atoms with Crippen LogP contribution in [0.1, 0.15) is 32.1 Å². The standard InChI is InChI=1S/C17H23N3O3/c1-4-5-12-20(2)16(21)11-10-15-18-19-17(23-15)13-6-8-14(22-3)9-7-13/h6-9H,4-5,10-12H2,1-3H3. The van der Waals surface area contributed by atoms with Crippen LogP contribution >= 0.6 is 0 Å². The number of rotatable bonds is 8. The average Bonchev–Trinajstić information content (AvgIpc) is 3.06. The summed E-state index contributed by atoms with van der Waals surface area (Å²) in [4.78, 5) is 13.7. The van der Waals surface area contributed by atoms with Crippen molar-refractivity contribution in [2.45, 2.75) is 32.6 Å². The normalized spacial score (nSPS) is 10.6. The molecule has 0 atom stereocenters. The molecule has 0 fully saturated rings. The lowest BCUT2D eigenvalue weighted by molar-refractivity contribution is -0.130. The van der Waals surface area contributed by atoms with Gasteiger partial charge < -0.3 is 14.1 Å². The molecule has 0 aliphatic rings. The van der Waals surface area contributed by atoms with Gasteiger partial charge in [-0.2, -0.15) is 0 Å². The zero-order valence-electron chi connectivity index (χ0n) is 13.9. The molecule has 6 nitrogen and oxygen atoms in total. The van der Waals surface area contributed by atoms with Gasteiger partial charge in [-0.15, -0.1) is 10.2 Å². The molecule has 0 N–H and O–H groups in total. The minimum atomic E-state index is 0.0997. The zero-order valence-corrected chi connectivity index (χ0v) is 13.9. The van der Waals surface area contributed by atoms with Crippen LogP contribution in [-0.4, -0.2) is 41.7 Å². The van der Waals surface area contributed by atoms with Gasteiger partial charge in [0.2, 0.25) is 17.7 Å². The quantitative estimate of drug-likeness (QED) is 0.749. The summed E-state index contributed by atoms with van der Waals surface area (Å²) in [5.41, 5.74) is 0.830.